The summed E-state index contributed by atoms with van der Waals surface area (Å²) in [4.78, 5) is 5.67. The molecule has 0 saturated carbocycles. The van der Waals surface area contributed by atoms with E-state index in [1.165, 1.54) is 16.5 Å². The highest BCUT2D eigenvalue weighted by Gasteiger charge is 2.07. The van der Waals surface area contributed by atoms with Gasteiger partial charge in [-0.2, -0.15) is 0 Å². The largest absolute Gasteiger partial charge is 0.341 e. The number of fused-ring (bicyclic) bond motifs is 2. The molecule has 1 aromatic carbocycles. The second-order valence-electron chi connectivity index (χ2n) is 4.82. The van der Waals surface area contributed by atoms with Gasteiger partial charge in [-0.1, -0.05) is 12.1 Å². The number of benzene rings is 1. The van der Waals surface area contributed by atoms with Crippen molar-refractivity contribution in [3.8, 4) is 0 Å². The number of nitrogens with two attached hydrogens (primary N) is 1. The molecule has 0 fully saturated rings. The molecule has 0 aliphatic rings. The predicted molar refractivity (Wildman–Crippen MR) is 82.0 cm³/mol. The molecule has 4 aromatic rings. The zero-order chi connectivity index (χ0) is 13.5. The van der Waals surface area contributed by atoms with Crippen LogP contribution in [-0.4, -0.2) is 14.0 Å². The highest BCUT2D eigenvalue weighted by Crippen LogP contribution is 2.21. The van der Waals surface area contributed by atoms with Crippen LogP contribution in [0.4, 0.5) is 0 Å². The lowest BCUT2D eigenvalue weighted by molar-refractivity contribution is 0.815. The lowest BCUT2D eigenvalue weighted by Gasteiger charge is -2.04. The van der Waals surface area contributed by atoms with E-state index in [1.807, 2.05) is 11.6 Å². The fourth-order valence-corrected chi connectivity index (χ4v) is 3.35. The van der Waals surface area contributed by atoms with E-state index >= 15 is 0 Å². The van der Waals surface area contributed by atoms with E-state index in [4.69, 9.17) is 5.73 Å². The van der Waals surface area contributed by atoms with Gasteiger partial charge in [0.05, 0.1) is 12.2 Å². The van der Waals surface area contributed by atoms with Gasteiger partial charge in [0.25, 0.3) is 0 Å². The van der Waals surface area contributed by atoms with Crippen LogP contribution < -0.4 is 5.73 Å². The number of nitrogens with zero attached hydrogens (tertiary/aromatic N) is 3. The molecular weight excluding hydrogens is 268 g/mol. The van der Waals surface area contributed by atoms with Gasteiger partial charge < -0.3 is 10.3 Å². The number of aromatic nitrogens is 3. The van der Waals surface area contributed by atoms with Crippen molar-refractivity contribution < 1.29 is 0 Å². The van der Waals surface area contributed by atoms with Crippen LogP contribution in [-0.2, 0) is 13.1 Å². The van der Waals surface area contributed by atoms with Crippen LogP contribution in [0.2, 0.25) is 0 Å². The second kappa shape index (κ2) is 4.47. The molecule has 4 nitrogen and oxygen atoms in total. The Morgan fingerprint density at radius 3 is 3.00 bits per heavy atom. The molecule has 0 unspecified atom stereocenters. The molecule has 5 heteroatoms. The topological polar surface area (TPSA) is 48.2 Å². The van der Waals surface area contributed by atoms with Gasteiger partial charge in [0.15, 0.2) is 4.96 Å². The zero-order valence-electron chi connectivity index (χ0n) is 10.9. The average molecular weight is 282 g/mol. The summed E-state index contributed by atoms with van der Waals surface area (Å²) in [6, 6.07) is 8.41. The lowest BCUT2D eigenvalue weighted by Crippen LogP contribution is -1.99. The third-order valence-corrected chi connectivity index (χ3v) is 4.37. The molecule has 4 rings (SSSR count). The summed E-state index contributed by atoms with van der Waals surface area (Å²) >= 11 is 1.66. The Kier molecular flexibility index (Phi) is 2.61. The van der Waals surface area contributed by atoms with Gasteiger partial charge in [-0.3, -0.25) is 4.40 Å². The average Bonchev–Trinajstić information content (AvgIpc) is 3.13. The Morgan fingerprint density at radius 2 is 2.15 bits per heavy atom. The lowest BCUT2D eigenvalue weighted by atomic mass is 10.1. The van der Waals surface area contributed by atoms with Gasteiger partial charge in [-0.05, 0) is 17.7 Å². The molecular formula is C15H14N4S. The SMILES string of the molecule is NCc1cccc2c1ccn2Cc1cn2ccsc2n1. The van der Waals surface area contributed by atoms with Crippen LogP contribution in [0.1, 0.15) is 11.3 Å². The molecule has 0 aliphatic carbocycles. The first kappa shape index (κ1) is 11.7. The van der Waals surface area contributed by atoms with Crippen LogP contribution in [0.25, 0.3) is 15.9 Å². The molecule has 20 heavy (non-hydrogen) atoms. The second-order valence-corrected chi connectivity index (χ2v) is 5.70. The summed E-state index contributed by atoms with van der Waals surface area (Å²) in [5.74, 6) is 0. The van der Waals surface area contributed by atoms with Crippen molar-refractivity contribution in [2.45, 2.75) is 13.1 Å². The van der Waals surface area contributed by atoms with Gasteiger partial charge in [-0.15, -0.1) is 11.3 Å². The van der Waals surface area contributed by atoms with Crippen molar-refractivity contribution in [1.29, 1.82) is 0 Å². The first-order chi connectivity index (χ1) is 9.85. The summed E-state index contributed by atoms with van der Waals surface area (Å²) < 4.78 is 4.29. The molecule has 100 valence electrons. The van der Waals surface area contributed by atoms with Crippen molar-refractivity contribution in [3.05, 3.63) is 59.5 Å². The van der Waals surface area contributed by atoms with E-state index < -0.39 is 0 Å². The highest BCUT2D eigenvalue weighted by atomic mass is 32.1. The van der Waals surface area contributed by atoms with E-state index in [9.17, 15) is 0 Å². The van der Waals surface area contributed by atoms with Crippen LogP contribution in [0.5, 0.6) is 0 Å². The van der Waals surface area contributed by atoms with E-state index in [0.29, 0.717) is 6.54 Å². The van der Waals surface area contributed by atoms with Gasteiger partial charge in [0, 0.05) is 41.4 Å². The molecule has 2 N–H and O–H groups in total. The standard InChI is InChI=1S/C15H14N4S/c16-8-11-2-1-3-14-13(11)4-5-18(14)9-12-10-19-6-7-20-15(19)17-12/h1-7,10H,8-9,16H2. The zero-order valence-corrected chi connectivity index (χ0v) is 11.7. The Morgan fingerprint density at radius 1 is 1.20 bits per heavy atom. The highest BCUT2D eigenvalue weighted by molar-refractivity contribution is 7.15. The van der Waals surface area contributed by atoms with Gasteiger partial charge in [-0.25, -0.2) is 4.98 Å². The van der Waals surface area contributed by atoms with Gasteiger partial charge in [0.2, 0.25) is 0 Å². The summed E-state index contributed by atoms with van der Waals surface area (Å²) in [5.41, 5.74) is 9.27. The monoisotopic (exact) mass is 282 g/mol. The molecule has 0 saturated heterocycles. The van der Waals surface area contributed by atoms with Crippen LogP contribution >= 0.6 is 11.3 Å². The maximum absolute atomic E-state index is 5.79. The molecule has 0 radical (unpaired) electrons. The maximum Gasteiger partial charge on any atom is 0.193 e. The predicted octanol–water partition coefficient (Wildman–Crippen LogP) is 2.86. The molecule has 0 bridgehead atoms. The third-order valence-electron chi connectivity index (χ3n) is 3.60. The van der Waals surface area contributed by atoms with E-state index in [1.54, 1.807) is 11.3 Å². The first-order valence-electron chi connectivity index (χ1n) is 6.53. The number of hydrogen-bond acceptors (Lipinski definition) is 3. The quantitative estimate of drug-likeness (QED) is 0.628. The molecule has 3 aromatic heterocycles. The first-order valence-corrected chi connectivity index (χ1v) is 7.41. The summed E-state index contributed by atoms with van der Waals surface area (Å²) in [6.07, 6.45) is 6.23. The van der Waals surface area contributed by atoms with Crippen molar-refractivity contribution in [3.63, 3.8) is 0 Å². The summed E-state index contributed by atoms with van der Waals surface area (Å²) in [6.45, 7) is 1.35. The number of hydrogen-bond donors (Lipinski definition) is 1. The van der Waals surface area contributed by atoms with E-state index in [0.717, 1.165) is 17.2 Å². The molecule has 3 heterocycles. The van der Waals surface area contributed by atoms with E-state index in [-0.39, 0.29) is 0 Å². The van der Waals surface area contributed by atoms with Gasteiger partial charge >= 0.3 is 0 Å². The molecule has 0 aliphatic heterocycles. The summed E-state index contributed by atoms with van der Waals surface area (Å²) in [7, 11) is 0. The van der Waals surface area contributed by atoms with Crippen molar-refractivity contribution in [1.82, 2.24) is 14.0 Å². The van der Waals surface area contributed by atoms with Crippen LogP contribution in [0.3, 0.4) is 0 Å². The summed E-state index contributed by atoms with van der Waals surface area (Å²) in [5, 5.41) is 3.28. The fourth-order valence-electron chi connectivity index (χ4n) is 2.63. The Labute approximate surface area is 120 Å². The number of imidazole rings is 1. The van der Waals surface area contributed by atoms with Crippen LogP contribution in [0, 0.1) is 0 Å². The fraction of sp³-hybridized carbons (Fsp3) is 0.133. The number of rotatable bonds is 3. The van der Waals surface area contributed by atoms with Crippen molar-refractivity contribution in [2.75, 3.05) is 0 Å². The van der Waals surface area contributed by atoms with Crippen molar-refractivity contribution >= 4 is 27.2 Å². The molecule has 0 amide bonds. The van der Waals surface area contributed by atoms with E-state index in [2.05, 4.69) is 50.6 Å². The maximum atomic E-state index is 5.79. The van der Waals surface area contributed by atoms with Crippen molar-refractivity contribution in [2.24, 2.45) is 5.73 Å². The van der Waals surface area contributed by atoms with Gasteiger partial charge in [0.1, 0.15) is 0 Å². The third kappa shape index (κ3) is 1.75. The minimum atomic E-state index is 0.571. The molecule has 0 atom stereocenters. The smallest absolute Gasteiger partial charge is 0.193 e. The number of thiazole rings is 1. The minimum Gasteiger partial charge on any atom is -0.341 e. The Bertz CT molecular complexity index is 855. The minimum absolute atomic E-state index is 0.571. The Balaban J connectivity index is 1.77. The normalized spacial score (nSPS) is 11.7. The Hall–Kier alpha value is -2.11. The van der Waals surface area contributed by atoms with Crippen LogP contribution in [0.15, 0.2) is 48.2 Å². The molecule has 0 spiro atoms.